The van der Waals surface area contributed by atoms with Crippen LogP contribution in [0.2, 0.25) is 0 Å². The normalized spacial score (nSPS) is 14.5. The first-order valence-corrected chi connectivity index (χ1v) is 8.43. The van der Waals surface area contributed by atoms with Gasteiger partial charge in [0.25, 0.3) is 0 Å². The Kier molecular flexibility index (Phi) is 7.54. The summed E-state index contributed by atoms with van der Waals surface area (Å²) in [7, 11) is 0. The molecule has 1 rings (SSSR count). The molecule has 0 aliphatic heterocycles. The summed E-state index contributed by atoms with van der Waals surface area (Å²) in [6.45, 7) is 5.20. The van der Waals surface area contributed by atoms with E-state index in [-0.39, 0.29) is 6.42 Å². The van der Waals surface area contributed by atoms with Gasteiger partial charge in [0.15, 0.2) is 0 Å². The number of hydrogen-bond acceptors (Lipinski definition) is 4. The molecular formula is C18H25NO6. The molecule has 0 bridgehead atoms. The predicted molar refractivity (Wildman–Crippen MR) is 90.7 cm³/mol. The molecule has 1 aromatic heterocycles. The Balaban J connectivity index is 3.42. The van der Waals surface area contributed by atoms with Gasteiger partial charge in [0.05, 0.1) is 17.8 Å². The van der Waals surface area contributed by atoms with Gasteiger partial charge in [0.2, 0.25) is 0 Å². The molecule has 0 aliphatic carbocycles. The van der Waals surface area contributed by atoms with Gasteiger partial charge in [-0.3, -0.25) is 19.4 Å². The maximum Gasteiger partial charge on any atom is 0.311 e. The van der Waals surface area contributed by atoms with Gasteiger partial charge in [0.1, 0.15) is 0 Å². The molecule has 1 aromatic rings. The topological polar surface area (TPSA) is 125 Å². The largest absolute Gasteiger partial charge is 0.481 e. The average molecular weight is 351 g/mol. The molecule has 3 N–H and O–H groups in total. The van der Waals surface area contributed by atoms with Gasteiger partial charge >= 0.3 is 17.9 Å². The fourth-order valence-electron chi connectivity index (χ4n) is 2.95. The number of nitrogens with zero attached hydrogens (tertiary/aromatic N) is 1. The van der Waals surface area contributed by atoms with Crippen molar-refractivity contribution in [3.63, 3.8) is 0 Å². The van der Waals surface area contributed by atoms with Crippen molar-refractivity contribution in [1.29, 1.82) is 0 Å². The minimum Gasteiger partial charge on any atom is -0.481 e. The summed E-state index contributed by atoms with van der Waals surface area (Å²) in [5.41, 5.74) is 1.26. The van der Waals surface area contributed by atoms with Crippen LogP contribution in [0.25, 0.3) is 0 Å². The van der Waals surface area contributed by atoms with Gasteiger partial charge in [-0.2, -0.15) is 0 Å². The molecule has 0 saturated carbocycles. The molecular weight excluding hydrogens is 326 g/mol. The number of carboxylic acids is 3. The number of carbonyl (C=O) groups is 3. The lowest BCUT2D eigenvalue weighted by atomic mass is 9.85. The lowest BCUT2D eigenvalue weighted by Gasteiger charge is -2.20. The quantitative estimate of drug-likeness (QED) is 0.592. The molecule has 0 amide bonds. The van der Waals surface area contributed by atoms with Crippen molar-refractivity contribution in [2.75, 3.05) is 0 Å². The number of aliphatic carboxylic acids is 3. The van der Waals surface area contributed by atoms with Crippen LogP contribution in [-0.2, 0) is 20.8 Å². The van der Waals surface area contributed by atoms with Gasteiger partial charge in [-0.15, -0.1) is 0 Å². The number of pyridine rings is 1. The molecule has 0 radical (unpaired) electrons. The highest BCUT2D eigenvalue weighted by Gasteiger charge is 2.28. The molecule has 7 nitrogen and oxygen atoms in total. The highest BCUT2D eigenvalue weighted by molar-refractivity contribution is 5.80. The van der Waals surface area contributed by atoms with Crippen molar-refractivity contribution in [2.24, 2.45) is 5.92 Å². The van der Waals surface area contributed by atoms with Crippen molar-refractivity contribution in [2.45, 2.75) is 58.3 Å². The Bertz CT molecular complexity index is 642. The lowest BCUT2D eigenvalue weighted by molar-refractivity contribution is -0.142. The summed E-state index contributed by atoms with van der Waals surface area (Å²) in [6, 6.07) is 1.56. The van der Waals surface area contributed by atoms with E-state index in [4.69, 9.17) is 0 Å². The molecule has 0 aromatic carbocycles. The molecule has 0 saturated heterocycles. The van der Waals surface area contributed by atoms with Crippen LogP contribution < -0.4 is 0 Å². The molecule has 0 spiro atoms. The average Bonchev–Trinajstić information content (AvgIpc) is 2.54. The third kappa shape index (κ3) is 5.01. The predicted octanol–water partition coefficient (Wildman–Crippen LogP) is 2.89. The van der Waals surface area contributed by atoms with Crippen LogP contribution in [-0.4, -0.2) is 38.2 Å². The summed E-state index contributed by atoms with van der Waals surface area (Å²) >= 11 is 0. The van der Waals surface area contributed by atoms with Crippen molar-refractivity contribution in [3.8, 4) is 0 Å². The van der Waals surface area contributed by atoms with Crippen LogP contribution in [0.15, 0.2) is 12.3 Å². The van der Waals surface area contributed by atoms with E-state index in [1.165, 1.54) is 6.20 Å². The lowest BCUT2D eigenvalue weighted by Crippen LogP contribution is -2.20. The second kappa shape index (κ2) is 9.15. The summed E-state index contributed by atoms with van der Waals surface area (Å²) in [5.74, 6) is -5.31. The number of carboxylic acid groups (broad SMARTS) is 3. The SMILES string of the molecule is CCC(Cc1cc(C(CC)C(=O)O)c(C(CC)C(=O)O)cn1)C(=O)O. The molecule has 0 fully saturated rings. The molecule has 138 valence electrons. The van der Waals surface area contributed by atoms with Crippen LogP contribution in [0, 0.1) is 5.92 Å². The summed E-state index contributed by atoms with van der Waals surface area (Å²) in [5, 5.41) is 28.1. The Labute approximate surface area is 146 Å². The summed E-state index contributed by atoms with van der Waals surface area (Å²) < 4.78 is 0. The van der Waals surface area contributed by atoms with Crippen molar-refractivity contribution >= 4 is 17.9 Å². The van der Waals surface area contributed by atoms with E-state index in [2.05, 4.69) is 4.98 Å². The van der Waals surface area contributed by atoms with Crippen molar-refractivity contribution < 1.29 is 29.7 Å². The van der Waals surface area contributed by atoms with E-state index in [1.54, 1.807) is 26.8 Å². The van der Waals surface area contributed by atoms with E-state index >= 15 is 0 Å². The highest BCUT2D eigenvalue weighted by atomic mass is 16.4. The Morgan fingerprint density at radius 3 is 1.80 bits per heavy atom. The van der Waals surface area contributed by atoms with Crippen LogP contribution in [0.1, 0.15) is 68.7 Å². The monoisotopic (exact) mass is 351 g/mol. The summed E-state index contributed by atoms with van der Waals surface area (Å²) in [4.78, 5) is 38.6. The molecule has 3 unspecified atom stereocenters. The van der Waals surface area contributed by atoms with Crippen molar-refractivity contribution in [1.82, 2.24) is 4.98 Å². The number of aromatic nitrogens is 1. The van der Waals surface area contributed by atoms with Gasteiger partial charge in [0, 0.05) is 18.3 Å². The van der Waals surface area contributed by atoms with E-state index in [9.17, 15) is 29.7 Å². The highest BCUT2D eigenvalue weighted by Crippen LogP contribution is 2.31. The van der Waals surface area contributed by atoms with E-state index in [0.717, 1.165) is 0 Å². The molecule has 25 heavy (non-hydrogen) atoms. The van der Waals surface area contributed by atoms with Gasteiger partial charge < -0.3 is 15.3 Å². The standard InChI is InChI=1S/C18H25NO6/c1-4-10(16(20)21)7-11-8-14(12(5-2)17(22)23)15(9-19-11)13(6-3)18(24)25/h8-10,12-13H,4-7H2,1-3H3,(H,20,21)(H,22,23)(H,24,25). The first-order chi connectivity index (χ1) is 11.8. The van der Waals surface area contributed by atoms with E-state index < -0.39 is 35.7 Å². The maximum absolute atomic E-state index is 11.6. The zero-order chi connectivity index (χ0) is 19.1. The minimum atomic E-state index is -1.04. The number of rotatable bonds is 10. The zero-order valence-corrected chi connectivity index (χ0v) is 14.7. The maximum atomic E-state index is 11.6. The number of hydrogen-bond donors (Lipinski definition) is 3. The molecule has 3 atom stereocenters. The second-order valence-corrected chi connectivity index (χ2v) is 6.05. The zero-order valence-electron chi connectivity index (χ0n) is 14.7. The van der Waals surface area contributed by atoms with Crippen LogP contribution in [0.5, 0.6) is 0 Å². The molecule has 7 heteroatoms. The van der Waals surface area contributed by atoms with Crippen molar-refractivity contribution in [3.05, 3.63) is 29.1 Å². The fourth-order valence-corrected chi connectivity index (χ4v) is 2.95. The minimum absolute atomic E-state index is 0.180. The Morgan fingerprint density at radius 1 is 0.880 bits per heavy atom. The fraction of sp³-hybridized carbons (Fsp3) is 0.556. The van der Waals surface area contributed by atoms with Gasteiger partial charge in [-0.05, 0) is 36.5 Å². The third-order valence-electron chi connectivity index (χ3n) is 4.49. The first kappa shape index (κ1) is 20.6. The van der Waals surface area contributed by atoms with Gasteiger partial charge in [-0.25, -0.2) is 0 Å². The molecule has 0 aliphatic rings. The molecule has 1 heterocycles. The smallest absolute Gasteiger partial charge is 0.311 e. The third-order valence-corrected chi connectivity index (χ3v) is 4.49. The van der Waals surface area contributed by atoms with Crippen LogP contribution in [0.4, 0.5) is 0 Å². The second-order valence-electron chi connectivity index (χ2n) is 6.05. The Morgan fingerprint density at radius 2 is 1.40 bits per heavy atom. The summed E-state index contributed by atoms with van der Waals surface area (Å²) in [6.07, 6.45) is 2.62. The van der Waals surface area contributed by atoms with Crippen LogP contribution in [0.3, 0.4) is 0 Å². The van der Waals surface area contributed by atoms with E-state index in [0.29, 0.717) is 36.1 Å². The first-order valence-electron chi connectivity index (χ1n) is 8.43. The van der Waals surface area contributed by atoms with Gasteiger partial charge in [-0.1, -0.05) is 20.8 Å². The Hall–Kier alpha value is -2.44. The van der Waals surface area contributed by atoms with E-state index in [1.807, 2.05) is 0 Å². The van der Waals surface area contributed by atoms with Crippen LogP contribution >= 0.6 is 0 Å².